The molecule has 1 unspecified atom stereocenters. The number of nitrogens with zero attached hydrogens (tertiary/aromatic N) is 1. The molecular formula is C28H31N3O2. The highest BCUT2D eigenvalue weighted by Gasteiger charge is 2.28. The average molecular weight is 442 g/mol. The number of piperidine rings is 1. The first kappa shape index (κ1) is 22.6. The molecule has 170 valence electrons. The topological polar surface area (TPSA) is 61.4 Å². The van der Waals surface area contributed by atoms with Gasteiger partial charge in [-0.15, -0.1) is 0 Å². The molecule has 1 fully saturated rings. The second-order valence-electron chi connectivity index (χ2n) is 8.54. The molecule has 0 aliphatic carbocycles. The molecule has 1 aliphatic rings. The van der Waals surface area contributed by atoms with Gasteiger partial charge >= 0.3 is 6.03 Å². The van der Waals surface area contributed by atoms with Crippen LogP contribution in [-0.4, -0.2) is 36.5 Å². The summed E-state index contributed by atoms with van der Waals surface area (Å²) in [6, 6.07) is 30.1. The lowest BCUT2D eigenvalue weighted by atomic mass is 9.88. The van der Waals surface area contributed by atoms with Gasteiger partial charge in [0.2, 0.25) is 5.91 Å². The molecule has 0 radical (unpaired) electrons. The van der Waals surface area contributed by atoms with E-state index in [2.05, 4.69) is 59.2 Å². The zero-order chi connectivity index (χ0) is 22.9. The summed E-state index contributed by atoms with van der Waals surface area (Å²) < 4.78 is 0. The van der Waals surface area contributed by atoms with E-state index in [0.717, 1.165) is 24.9 Å². The smallest absolute Gasteiger partial charge is 0.321 e. The molecule has 5 heteroatoms. The minimum atomic E-state index is -0.174. The summed E-state index contributed by atoms with van der Waals surface area (Å²) in [5, 5.41) is 6.06. The highest BCUT2D eigenvalue weighted by molar-refractivity contribution is 5.90. The molecule has 3 amide bonds. The molecule has 1 heterocycles. The highest BCUT2D eigenvalue weighted by atomic mass is 16.2. The van der Waals surface area contributed by atoms with Crippen molar-refractivity contribution in [2.24, 2.45) is 5.92 Å². The second-order valence-corrected chi connectivity index (χ2v) is 8.54. The van der Waals surface area contributed by atoms with E-state index >= 15 is 0 Å². The minimum absolute atomic E-state index is 0.0343. The molecular weight excluding hydrogens is 410 g/mol. The number of anilines is 1. The summed E-state index contributed by atoms with van der Waals surface area (Å²) in [5.74, 6) is 0.0893. The summed E-state index contributed by atoms with van der Waals surface area (Å²) in [4.78, 5) is 27.3. The van der Waals surface area contributed by atoms with Crippen LogP contribution in [0.4, 0.5) is 10.5 Å². The lowest BCUT2D eigenvalue weighted by Crippen LogP contribution is -2.47. The van der Waals surface area contributed by atoms with Crippen LogP contribution in [0.25, 0.3) is 0 Å². The summed E-state index contributed by atoms with van der Waals surface area (Å²) in [6.45, 7) is 1.72. The van der Waals surface area contributed by atoms with Crippen molar-refractivity contribution in [3.8, 4) is 0 Å². The first-order valence-corrected chi connectivity index (χ1v) is 11.7. The lowest BCUT2D eigenvalue weighted by Gasteiger charge is -2.32. The van der Waals surface area contributed by atoms with Crippen LogP contribution < -0.4 is 10.6 Å². The van der Waals surface area contributed by atoms with Crippen LogP contribution in [0.5, 0.6) is 0 Å². The number of nitrogens with one attached hydrogen (secondary N) is 2. The Labute approximate surface area is 195 Å². The normalized spacial score (nSPS) is 15.8. The van der Waals surface area contributed by atoms with Gasteiger partial charge in [0, 0.05) is 31.2 Å². The van der Waals surface area contributed by atoms with Gasteiger partial charge in [-0.3, -0.25) is 4.79 Å². The van der Waals surface area contributed by atoms with Crippen LogP contribution in [0.2, 0.25) is 0 Å². The Bertz CT molecular complexity index is 985. The molecule has 5 nitrogen and oxygen atoms in total. The third-order valence-corrected chi connectivity index (χ3v) is 6.24. The van der Waals surface area contributed by atoms with Crippen molar-refractivity contribution in [1.29, 1.82) is 0 Å². The number of para-hydroxylation sites is 1. The van der Waals surface area contributed by atoms with Gasteiger partial charge in [-0.2, -0.15) is 0 Å². The maximum Gasteiger partial charge on any atom is 0.321 e. The van der Waals surface area contributed by atoms with Crippen molar-refractivity contribution >= 4 is 17.6 Å². The average Bonchev–Trinajstić information content (AvgIpc) is 2.88. The van der Waals surface area contributed by atoms with Crippen LogP contribution >= 0.6 is 0 Å². The molecule has 1 aliphatic heterocycles. The Morgan fingerprint density at radius 3 is 2.03 bits per heavy atom. The Morgan fingerprint density at radius 1 is 0.848 bits per heavy atom. The quantitative estimate of drug-likeness (QED) is 0.525. The van der Waals surface area contributed by atoms with E-state index in [1.165, 1.54) is 11.1 Å². The van der Waals surface area contributed by atoms with Crippen molar-refractivity contribution in [2.75, 3.05) is 25.0 Å². The van der Waals surface area contributed by atoms with E-state index in [4.69, 9.17) is 0 Å². The first-order chi connectivity index (χ1) is 16.2. The number of carbonyl (C=O) groups is 2. The van der Waals surface area contributed by atoms with Crippen molar-refractivity contribution in [2.45, 2.75) is 25.2 Å². The fraction of sp³-hybridized carbons (Fsp3) is 0.286. The second kappa shape index (κ2) is 11.3. The van der Waals surface area contributed by atoms with Gasteiger partial charge in [0.05, 0.1) is 5.92 Å². The van der Waals surface area contributed by atoms with E-state index < -0.39 is 0 Å². The van der Waals surface area contributed by atoms with E-state index in [0.29, 0.717) is 19.6 Å². The fourth-order valence-electron chi connectivity index (χ4n) is 4.48. The van der Waals surface area contributed by atoms with Crippen molar-refractivity contribution in [1.82, 2.24) is 10.2 Å². The Hall–Kier alpha value is -3.60. The third-order valence-electron chi connectivity index (χ3n) is 6.24. The number of hydrogen-bond acceptors (Lipinski definition) is 2. The van der Waals surface area contributed by atoms with Crippen molar-refractivity contribution in [3.63, 3.8) is 0 Å². The van der Waals surface area contributed by atoms with Crippen LogP contribution in [0, 0.1) is 5.92 Å². The van der Waals surface area contributed by atoms with Crippen LogP contribution in [0.15, 0.2) is 91.0 Å². The zero-order valence-electron chi connectivity index (χ0n) is 18.8. The number of amides is 3. The predicted molar refractivity (Wildman–Crippen MR) is 132 cm³/mol. The first-order valence-electron chi connectivity index (χ1n) is 11.7. The Morgan fingerprint density at radius 2 is 1.42 bits per heavy atom. The summed E-state index contributed by atoms with van der Waals surface area (Å²) in [7, 11) is 0. The zero-order valence-corrected chi connectivity index (χ0v) is 18.8. The number of likely N-dealkylation sites (tertiary alicyclic amines) is 1. The van der Waals surface area contributed by atoms with Crippen LogP contribution in [0.1, 0.15) is 36.3 Å². The number of carbonyl (C=O) groups excluding carboxylic acids is 2. The van der Waals surface area contributed by atoms with E-state index in [-0.39, 0.29) is 23.8 Å². The molecule has 3 aromatic rings. The lowest BCUT2D eigenvalue weighted by molar-refractivity contribution is -0.126. The molecule has 1 atom stereocenters. The molecule has 0 spiro atoms. The monoisotopic (exact) mass is 441 g/mol. The van der Waals surface area contributed by atoms with E-state index in [1.54, 1.807) is 4.90 Å². The van der Waals surface area contributed by atoms with Gasteiger partial charge in [-0.1, -0.05) is 78.9 Å². The van der Waals surface area contributed by atoms with E-state index in [1.807, 2.05) is 42.5 Å². The number of hydrogen-bond donors (Lipinski definition) is 2. The largest absolute Gasteiger partial charge is 0.356 e. The molecule has 4 rings (SSSR count). The molecule has 1 saturated heterocycles. The molecule has 33 heavy (non-hydrogen) atoms. The Balaban J connectivity index is 1.31. The molecule has 0 bridgehead atoms. The maximum absolute atomic E-state index is 12.9. The van der Waals surface area contributed by atoms with Gasteiger partial charge in [-0.25, -0.2) is 4.79 Å². The van der Waals surface area contributed by atoms with Gasteiger partial charge in [0.25, 0.3) is 0 Å². The minimum Gasteiger partial charge on any atom is -0.356 e. The predicted octanol–water partition coefficient (Wildman–Crippen LogP) is 5.27. The SMILES string of the molecule is O=C(NCCC(c1ccccc1)c1ccccc1)C1CCCN(C(=O)Nc2ccccc2)C1. The molecule has 0 aromatic heterocycles. The number of benzene rings is 3. The number of urea groups is 1. The summed E-state index contributed by atoms with van der Waals surface area (Å²) in [5.41, 5.74) is 3.26. The summed E-state index contributed by atoms with van der Waals surface area (Å²) in [6.07, 6.45) is 2.46. The number of rotatable bonds is 7. The van der Waals surface area contributed by atoms with Gasteiger partial charge in [0.1, 0.15) is 0 Å². The molecule has 2 N–H and O–H groups in total. The standard InChI is InChI=1S/C28H31N3O2/c32-27(24-15-10-20-31(21-24)28(33)30-25-16-8-3-9-17-25)29-19-18-26(22-11-4-1-5-12-22)23-13-6-2-7-14-23/h1-9,11-14,16-17,24,26H,10,15,18-21H2,(H,29,32)(H,30,33). The van der Waals surface area contributed by atoms with Crippen molar-refractivity contribution < 1.29 is 9.59 Å². The van der Waals surface area contributed by atoms with Crippen LogP contribution in [-0.2, 0) is 4.79 Å². The van der Waals surface area contributed by atoms with E-state index in [9.17, 15) is 9.59 Å². The highest BCUT2D eigenvalue weighted by Crippen LogP contribution is 2.27. The van der Waals surface area contributed by atoms with Gasteiger partial charge in [0.15, 0.2) is 0 Å². The maximum atomic E-state index is 12.9. The van der Waals surface area contributed by atoms with Crippen LogP contribution in [0.3, 0.4) is 0 Å². The molecule has 0 saturated carbocycles. The van der Waals surface area contributed by atoms with Gasteiger partial charge in [-0.05, 0) is 42.5 Å². The molecule has 3 aromatic carbocycles. The third kappa shape index (κ3) is 6.22. The van der Waals surface area contributed by atoms with Gasteiger partial charge < -0.3 is 15.5 Å². The summed E-state index contributed by atoms with van der Waals surface area (Å²) >= 11 is 0. The van der Waals surface area contributed by atoms with Crippen molar-refractivity contribution in [3.05, 3.63) is 102 Å². The fourth-order valence-corrected chi connectivity index (χ4v) is 4.48. The Kier molecular flexibility index (Phi) is 7.75.